The zero-order valence-corrected chi connectivity index (χ0v) is 15.2. The number of hydrogen-bond donors (Lipinski definition) is 1. The molecule has 1 aliphatic rings. The Balaban J connectivity index is 1.79. The lowest BCUT2D eigenvalue weighted by atomic mass is 9.91. The maximum Gasteiger partial charge on any atom is 0.244 e. The van der Waals surface area contributed by atoms with Crippen LogP contribution in [0.5, 0.6) is 0 Å². The molecule has 1 atom stereocenters. The van der Waals surface area contributed by atoms with Crippen LogP contribution in [0.15, 0.2) is 16.7 Å². The molecule has 24 heavy (non-hydrogen) atoms. The van der Waals surface area contributed by atoms with Gasteiger partial charge in [-0.2, -0.15) is 4.98 Å². The van der Waals surface area contributed by atoms with E-state index in [-0.39, 0.29) is 6.04 Å². The van der Waals surface area contributed by atoms with E-state index in [0.29, 0.717) is 17.6 Å². The molecule has 0 aliphatic carbocycles. The fourth-order valence-corrected chi connectivity index (χ4v) is 3.70. The van der Waals surface area contributed by atoms with Crippen molar-refractivity contribution in [2.45, 2.75) is 46.2 Å². The lowest BCUT2D eigenvalue weighted by molar-refractivity contribution is 0.0485. The molecule has 0 bridgehead atoms. The van der Waals surface area contributed by atoms with Gasteiger partial charge in [0, 0.05) is 24.8 Å². The predicted octanol–water partition coefficient (Wildman–Crippen LogP) is 3.91. The van der Waals surface area contributed by atoms with E-state index in [1.807, 2.05) is 19.1 Å². The Kier molecular flexibility index (Phi) is 5.54. The second-order valence-electron chi connectivity index (χ2n) is 6.51. The standard InChI is InChI=1S/C18H24ClN3O2/c1-11-8-15(19)9-12(2)16(11)10-20-17(14-4-6-23-7-5-14)18-21-13(3)22-24-18/h8-9,14,17,20H,4-7,10H2,1-3H3/t17-/m1/s1. The normalized spacial score (nSPS) is 17.2. The molecule has 0 unspecified atom stereocenters. The van der Waals surface area contributed by atoms with Gasteiger partial charge in [-0.15, -0.1) is 0 Å². The Bertz CT molecular complexity index is 672. The molecule has 0 amide bonds. The Hall–Kier alpha value is -1.43. The van der Waals surface area contributed by atoms with Crippen molar-refractivity contribution >= 4 is 11.6 Å². The third-order valence-corrected chi connectivity index (χ3v) is 4.92. The number of aromatic nitrogens is 2. The summed E-state index contributed by atoms with van der Waals surface area (Å²) in [6, 6.07) is 4.06. The van der Waals surface area contributed by atoms with Gasteiger partial charge in [0.25, 0.3) is 0 Å². The highest BCUT2D eigenvalue weighted by Gasteiger charge is 2.29. The fraction of sp³-hybridized carbons (Fsp3) is 0.556. The lowest BCUT2D eigenvalue weighted by Gasteiger charge is -2.29. The van der Waals surface area contributed by atoms with Crippen LogP contribution in [0.25, 0.3) is 0 Å². The molecule has 2 aromatic rings. The van der Waals surface area contributed by atoms with Gasteiger partial charge in [-0.3, -0.25) is 0 Å². The first kappa shape index (κ1) is 17.4. The Morgan fingerprint density at radius 1 is 1.21 bits per heavy atom. The molecule has 0 radical (unpaired) electrons. The molecule has 1 saturated heterocycles. The number of ether oxygens (including phenoxy) is 1. The monoisotopic (exact) mass is 349 g/mol. The average Bonchev–Trinajstić information content (AvgIpc) is 2.97. The molecule has 0 spiro atoms. The number of rotatable bonds is 5. The van der Waals surface area contributed by atoms with Gasteiger partial charge in [0.15, 0.2) is 5.82 Å². The number of nitrogens with one attached hydrogen (secondary N) is 1. The van der Waals surface area contributed by atoms with Crippen LogP contribution >= 0.6 is 11.6 Å². The van der Waals surface area contributed by atoms with Crippen LogP contribution in [-0.4, -0.2) is 23.4 Å². The average molecular weight is 350 g/mol. The van der Waals surface area contributed by atoms with Crippen LogP contribution in [0.4, 0.5) is 0 Å². The molecule has 5 nitrogen and oxygen atoms in total. The first-order valence-corrected chi connectivity index (χ1v) is 8.79. The first-order valence-electron chi connectivity index (χ1n) is 8.41. The molecule has 1 aliphatic heterocycles. The molecule has 6 heteroatoms. The molecular formula is C18H24ClN3O2. The van der Waals surface area contributed by atoms with Gasteiger partial charge in [0.2, 0.25) is 5.89 Å². The maximum absolute atomic E-state index is 6.14. The molecule has 1 fully saturated rings. The van der Waals surface area contributed by atoms with E-state index in [9.17, 15) is 0 Å². The Morgan fingerprint density at radius 3 is 2.46 bits per heavy atom. The minimum atomic E-state index is 0.0459. The van der Waals surface area contributed by atoms with Crippen molar-refractivity contribution in [3.05, 3.63) is 45.6 Å². The van der Waals surface area contributed by atoms with Crippen molar-refractivity contribution in [3.63, 3.8) is 0 Å². The van der Waals surface area contributed by atoms with Crippen molar-refractivity contribution < 1.29 is 9.26 Å². The zero-order chi connectivity index (χ0) is 17.1. The summed E-state index contributed by atoms with van der Waals surface area (Å²) in [6.07, 6.45) is 2.00. The lowest BCUT2D eigenvalue weighted by Crippen LogP contribution is -2.32. The van der Waals surface area contributed by atoms with Gasteiger partial charge in [-0.25, -0.2) is 0 Å². The van der Waals surface area contributed by atoms with Crippen LogP contribution < -0.4 is 5.32 Å². The Labute approximate surface area is 147 Å². The van der Waals surface area contributed by atoms with Gasteiger partial charge < -0.3 is 14.6 Å². The Morgan fingerprint density at radius 2 is 1.88 bits per heavy atom. The summed E-state index contributed by atoms with van der Waals surface area (Å²) in [7, 11) is 0. The van der Waals surface area contributed by atoms with E-state index in [1.165, 1.54) is 16.7 Å². The van der Waals surface area contributed by atoms with Gasteiger partial charge in [-0.05, 0) is 68.4 Å². The topological polar surface area (TPSA) is 60.2 Å². The molecule has 2 heterocycles. The van der Waals surface area contributed by atoms with Crippen LogP contribution in [-0.2, 0) is 11.3 Å². The molecule has 1 N–H and O–H groups in total. The van der Waals surface area contributed by atoms with Gasteiger partial charge in [0.05, 0.1) is 6.04 Å². The van der Waals surface area contributed by atoms with E-state index in [4.69, 9.17) is 20.9 Å². The number of hydrogen-bond acceptors (Lipinski definition) is 5. The number of nitrogens with zero attached hydrogens (tertiary/aromatic N) is 2. The minimum Gasteiger partial charge on any atom is -0.381 e. The summed E-state index contributed by atoms with van der Waals surface area (Å²) in [5.41, 5.74) is 3.66. The van der Waals surface area contributed by atoms with Gasteiger partial charge in [-0.1, -0.05) is 16.8 Å². The van der Waals surface area contributed by atoms with E-state index in [1.54, 1.807) is 0 Å². The number of halogens is 1. The highest BCUT2D eigenvalue weighted by atomic mass is 35.5. The van der Waals surface area contributed by atoms with Crippen molar-refractivity contribution in [1.29, 1.82) is 0 Å². The minimum absolute atomic E-state index is 0.0459. The molecule has 130 valence electrons. The maximum atomic E-state index is 6.14. The summed E-state index contributed by atoms with van der Waals surface area (Å²) in [5, 5.41) is 8.38. The van der Waals surface area contributed by atoms with Crippen molar-refractivity contribution in [2.75, 3.05) is 13.2 Å². The summed E-state index contributed by atoms with van der Waals surface area (Å²) in [6.45, 7) is 8.36. The van der Waals surface area contributed by atoms with Gasteiger partial charge in [0.1, 0.15) is 0 Å². The largest absolute Gasteiger partial charge is 0.381 e. The van der Waals surface area contributed by atoms with Crippen molar-refractivity contribution in [3.8, 4) is 0 Å². The van der Waals surface area contributed by atoms with Gasteiger partial charge >= 0.3 is 0 Å². The first-order chi connectivity index (χ1) is 11.5. The quantitative estimate of drug-likeness (QED) is 0.886. The van der Waals surface area contributed by atoms with Crippen LogP contribution in [0.1, 0.15) is 47.3 Å². The molecular weight excluding hydrogens is 326 g/mol. The second-order valence-corrected chi connectivity index (χ2v) is 6.94. The van der Waals surface area contributed by atoms with E-state index in [0.717, 1.165) is 37.6 Å². The van der Waals surface area contributed by atoms with Crippen molar-refractivity contribution in [1.82, 2.24) is 15.5 Å². The van der Waals surface area contributed by atoms with Crippen LogP contribution in [0.3, 0.4) is 0 Å². The third kappa shape index (κ3) is 3.97. The van der Waals surface area contributed by atoms with E-state index < -0.39 is 0 Å². The number of benzene rings is 1. The molecule has 1 aromatic carbocycles. The molecule has 3 rings (SSSR count). The second kappa shape index (κ2) is 7.64. The zero-order valence-electron chi connectivity index (χ0n) is 14.4. The third-order valence-electron chi connectivity index (χ3n) is 4.71. The summed E-state index contributed by atoms with van der Waals surface area (Å²) < 4.78 is 11.0. The fourth-order valence-electron chi connectivity index (χ4n) is 3.38. The smallest absolute Gasteiger partial charge is 0.244 e. The number of aryl methyl sites for hydroxylation is 3. The SMILES string of the molecule is Cc1noc([C@H](NCc2c(C)cc(Cl)cc2C)C2CCOCC2)n1. The van der Waals surface area contributed by atoms with Crippen LogP contribution in [0, 0.1) is 26.7 Å². The van der Waals surface area contributed by atoms with E-state index in [2.05, 4.69) is 29.3 Å². The summed E-state index contributed by atoms with van der Waals surface area (Å²) in [5.74, 6) is 1.78. The highest BCUT2D eigenvalue weighted by molar-refractivity contribution is 6.30. The summed E-state index contributed by atoms with van der Waals surface area (Å²) >= 11 is 6.14. The predicted molar refractivity (Wildman–Crippen MR) is 93.1 cm³/mol. The molecule has 1 aromatic heterocycles. The van der Waals surface area contributed by atoms with Crippen LogP contribution in [0.2, 0.25) is 5.02 Å². The summed E-state index contributed by atoms with van der Waals surface area (Å²) in [4.78, 5) is 4.46. The molecule has 0 saturated carbocycles. The van der Waals surface area contributed by atoms with E-state index >= 15 is 0 Å². The highest BCUT2D eigenvalue weighted by Crippen LogP contribution is 2.30. The van der Waals surface area contributed by atoms with Crippen molar-refractivity contribution in [2.24, 2.45) is 5.92 Å².